The van der Waals surface area contributed by atoms with Crippen LogP contribution in [-0.4, -0.2) is 15.9 Å². The summed E-state index contributed by atoms with van der Waals surface area (Å²) in [5.41, 5.74) is 3.67. The Morgan fingerprint density at radius 2 is 2.11 bits per heavy atom. The number of carbonyl (C=O) groups excluding carboxylic acids is 1. The minimum absolute atomic E-state index is 0.257. The molecule has 136 valence electrons. The number of nitrogens with one attached hydrogen (secondary N) is 1. The van der Waals surface area contributed by atoms with E-state index in [0.29, 0.717) is 23.3 Å². The van der Waals surface area contributed by atoms with Gasteiger partial charge in [-0.3, -0.25) is 9.78 Å². The summed E-state index contributed by atoms with van der Waals surface area (Å²) in [5.74, 6) is 1.24. The summed E-state index contributed by atoms with van der Waals surface area (Å²) in [7, 11) is 0. The molecule has 3 heterocycles. The second-order valence-electron chi connectivity index (χ2n) is 6.05. The van der Waals surface area contributed by atoms with E-state index in [-0.39, 0.29) is 11.7 Å². The molecule has 0 fully saturated rings. The summed E-state index contributed by atoms with van der Waals surface area (Å²) in [6.45, 7) is 2.42. The van der Waals surface area contributed by atoms with Crippen molar-refractivity contribution in [2.75, 3.05) is 0 Å². The number of benzene rings is 1. The maximum absolute atomic E-state index is 12.2. The zero-order valence-corrected chi connectivity index (χ0v) is 15.5. The molecule has 1 amide bonds. The summed E-state index contributed by atoms with van der Waals surface area (Å²) in [4.78, 5) is 20.7. The van der Waals surface area contributed by atoms with Crippen molar-refractivity contribution >= 4 is 28.8 Å². The Hall–Kier alpha value is -3.06. The molecule has 1 aromatic carbocycles. The van der Waals surface area contributed by atoms with Crippen molar-refractivity contribution in [1.29, 1.82) is 0 Å². The molecule has 0 bridgehead atoms. The lowest BCUT2D eigenvalue weighted by atomic mass is 10.2. The van der Waals surface area contributed by atoms with Crippen molar-refractivity contribution in [2.45, 2.75) is 24.4 Å². The Morgan fingerprint density at radius 1 is 1.19 bits per heavy atom. The molecule has 7 heteroatoms. The number of hydrogen-bond acceptors (Lipinski definition) is 6. The smallest absolute Gasteiger partial charge is 0.287 e. The number of fused-ring (bicyclic) bond motifs is 1. The number of aryl methyl sites for hydroxylation is 1. The number of aromatic nitrogens is 2. The fourth-order valence-electron chi connectivity index (χ4n) is 2.56. The number of hydrogen-bond donors (Lipinski definition) is 1. The molecular weight excluding hydrogens is 362 g/mol. The van der Waals surface area contributed by atoms with Crippen molar-refractivity contribution in [2.24, 2.45) is 0 Å². The van der Waals surface area contributed by atoms with Gasteiger partial charge < -0.3 is 14.2 Å². The quantitative estimate of drug-likeness (QED) is 0.502. The Morgan fingerprint density at radius 3 is 2.96 bits per heavy atom. The highest BCUT2D eigenvalue weighted by atomic mass is 32.2. The third-order valence-electron chi connectivity index (χ3n) is 3.92. The highest BCUT2D eigenvalue weighted by Gasteiger charge is 2.13. The number of rotatable bonds is 6. The van der Waals surface area contributed by atoms with Gasteiger partial charge in [-0.1, -0.05) is 23.9 Å². The summed E-state index contributed by atoms with van der Waals surface area (Å²) in [5, 5.41) is 3.39. The average Bonchev–Trinajstić information content (AvgIpc) is 3.31. The van der Waals surface area contributed by atoms with Gasteiger partial charge in [0.05, 0.1) is 5.75 Å². The Labute approximate surface area is 160 Å². The number of thioether (sulfide) groups is 1. The zero-order valence-electron chi connectivity index (χ0n) is 14.6. The van der Waals surface area contributed by atoms with E-state index in [0.717, 1.165) is 22.2 Å². The van der Waals surface area contributed by atoms with Gasteiger partial charge in [-0.05, 0) is 48.4 Å². The zero-order chi connectivity index (χ0) is 18.6. The van der Waals surface area contributed by atoms with E-state index >= 15 is 0 Å². The molecule has 27 heavy (non-hydrogen) atoms. The molecule has 0 unspecified atom stereocenters. The van der Waals surface area contributed by atoms with Crippen molar-refractivity contribution in [3.63, 3.8) is 0 Å². The van der Waals surface area contributed by atoms with Crippen LogP contribution >= 0.6 is 11.8 Å². The third kappa shape index (κ3) is 4.20. The maximum atomic E-state index is 12.2. The monoisotopic (exact) mass is 379 g/mol. The lowest BCUT2D eigenvalue weighted by molar-refractivity contribution is 0.0921. The highest BCUT2D eigenvalue weighted by molar-refractivity contribution is 7.98. The topological polar surface area (TPSA) is 81.2 Å². The van der Waals surface area contributed by atoms with Crippen LogP contribution in [0.4, 0.5) is 0 Å². The molecular formula is C20H17N3O3S. The van der Waals surface area contributed by atoms with Crippen molar-refractivity contribution in [3.05, 3.63) is 77.5 Å². The first kappa shape index (κ1) is 17.4. The molecule has 3 aromatic heterocycles. The van der Waals surface area contributed by atoms with E-state index in [9.17, 15) is 4.79 Å². The first-order chi connectivity index (χ1) is 13.2. The van der Waals surface area contributed by atoms with Crippen LogP contribution in [0.2, 0.25) is 0 Å². The lowest BCUT2D eigenvalue weighted by Gasteiger charge is -2.02. The van der Waals surface area contributed by atoms with Crippen LogP contribution in [0.5, 0.6) is 0 Å². The molecule has 1 N–H and O–H groups in total. The van der Waals surface area contributed by atoms with Crippen LogP contribution in [0.3, 0.4) is 0 Å². The van der Waals surface area contributed by atoms with Gasteiger partial charge in [0.2, 0.25) is 0 Å². The first-order valence-electron chi connectivity index (χ1n) is 8.43. The molecule has 0 aliphatic carbocycles. The Bertz CT molecular complexity index is 1070. The van der Waals surface area contributed by atoms with Crippen LogP contribution in [0.25, 0.3) is 11.1 Å². The number of amides is 1. The molecule has 0 radical (unpaired) electrons. The van der Waals surface area contributed by atoms with Gasteiger partial charge in [0.25, 0.3) is 11.1 Å². The second kappa shape index (κ2) is 7.67. The van der Waals surface area contributed by atoms with Gasteiger partial charge in [0.1, 0.15) is 11.3 Å². The van der Waals surface area contributed by atoms with E-state index in [1.807, 2.05) is 37.3 Å². The Balaban J connectivity index is 1.35. The molecule has 6 nitrogen and oxygen atoms in total. The second-order valence-corrected chi connectivity index (χ2v) is 6.98. The summed E-state index contributed by atoms with van der Waals surface area (Å²) < 4.78 is 11.3. The van der Waals surface area contributed by atoms with Crippen LogP contribution in [0.15, 0.2) is 68.9 Å². The molecule has 0 atom stereocenters. The van der Waals surface area contributed by atoms with Gasteiger partial charge in [-0.25, -0.2) is 4.98 Å². The van der Waals surface area contributed by atoms with Crippen LogP contribution in [-0.2, 0) is 12.3 Å². The van der Waals surface area contributed by atoms with Crippen LogP contribution < -0.4 is 5.32 Å². The minimum atomic E-state index is -0.257. The first-order valence-corrected chi connectivity index (χ1v) is 9.42. The van der Waals surface area contributed by atoms with Crippen LogP contribution in [0.1, 0.15) is 27.4 Å². The number of furan rings is 1. The van der Waals surface area contributed by atoms with E-state index < -0.39 is 0 Å². The molecule has 4 aromatic rings. The SMILES string of the molecule is Cc1ccc2oc(SCc3ccc(C(=O)NCc4cccnc4)o3)nc2c1. The molecule has 0 saturated carbocycles. The molecule has 4 rings (SSSR count). The number of pyridine rings is 1. The van der Waals surface area contributed by atoms with Crippen LogP contribution in [0, 0.1) is 6.92 Å². The average molecular weight is 379 g/mol. The fourth-order valence-corrected chi connectivity index (χ4v) is 3.29. The van der Waals surface area contributed by atoms with E-state index in [1.165, 1.54) is 11.8 Å². The van der Waals surface area contributed by atoms with Gasteiger partial charge in [-0.15, -0.1) is 0 Å². The van der Waals surface area contributed by atoms with Gasteiger partial charge in [0, 0.05) is 18.9 Å². The van der Waals surface area contributed by atoms with E-state index in [1.54, 1.807) is 24.5 Å². The summed E-state index contributed by atoms with van der Waals surface area (Å²) in [6, 6.07) is 13.1. The third-order valence-corrected chi connectivity index (χ3v) is 4.77. The lowest BCUT2D eigenvalue weighted by Crippen LogP contribution is -2.22. The van der Waals surface area contributed by atoms with Gasteiger partial charge >= 0.3 is 0 Å². The molecule has 0 saturated heterocycles. The molecule has 0 spiro atoms. The van der Waals surface area contributed by atoms with Crippen molar-refractivity contribution < 1.29 is 13.6 Å². The normalized spacial score (nSPS) is 11.0. The van der Waals surface area contributed by atoms with E-state index in [4.69, 9.17) is 8.83 Å². The predicted molar refractivity (Wildman–Crippen MR) is 102 cm³/mol. The largest absolute Gasteiger partial charge is 0.455 e. The number of carbonyl (C=O) groups is 1. The molecule has 0 aliphatic rings. The number of nitrogens with zero attached hydrogens (tertiary/aromatic N) is 2. The fraction of sp³-hybridized carbons (Fsp3) is 0.150. The van der Waals surface area contributed by atoms with E-state index in [2.05, 4.69) is 15.3 Å². The number of oxazole rings is 1. The predicted octanol–water partition coefficient (Wildman–Crippen LogP) is 4.35. The maximum Gasteiger partial charge on any atom is 0.287 e. The Kier molecular flexibility index (Phi) is 4.93. The van der Waals surface area contributed by atoms with Crippen molar-refractivity contribution in [3.8, 4) is 0 Å². The summed E-state index contributed by atoms with van der Waals surface area (Å²) >= 11 is 1.43. The highest BCUT2D eigenvalue weighted by Crippen LogP contribution is 2.27. The molecule has 0 aliphatic heterocycles. The minimum Gasteiger partial charge on any atom is -0.455 e. The van der Waals surface area contributed by atoms with Gasteiger partial charge in [0.15, 0.2) is 11.3 Å². The summed E-state index contributed by atoms with van der Waals surface area (Å²) in [6.07, 6.45) is 3.41. The van der Waals surface area contributed by atoms with Gasteiger partial charge in [-0.2, -0.15) is 0 Å². The van der Waals surface area contributed by atoms with Crippen molar-refractivity contribution in [1.82, 2.24) is 15.3 Å². The standard InChI is InChI=1S/C20H17N3O3S/c1-13-4-6-17-16(9-13)23-20(26-17)27-12-15-5-7-18(25-15)19(24)22-11-14-3-2-8-21-10-14/h2-10H,11-12H2,1H3,(H,22,24).